The molecular formula is C16H19BrN2O. The van der Waals surface area contributed by atoms with Gasteiger partial charge in [0.2, 0.25) is 5.91 Å². The molecule has 2 rings (SSSR count). The fourth-order valence-corrected chi connectivity index (χ4v) is 3.15. The molecule has 0 aromatic heterocycles. The average Bonchev–Trinajstić information content (AvgIpc) is 2.49. The minimum Gasteiger partial charge on any atom is -0.342 e. The van der Waals surface area contributed by atoms with Crippen LogP contribution < -0.4 is 0 Å². The molecule has 1 aliphatic carbocycles. The molecule has 0 heterocycles. The number of likely N-dealkylation sites (N-methyl/N-ethyl adjacent to an activating group) is 1. The molecule has 0 unspecified atom stereocenters. The van der Waals surface area contributed by atoms with Crippen LogP contribution in [0.1, 0.15) is 31.2 Å². The van der Waals surface area contributed by atoms with E-state index in [0.717, 1.165) is 35.7 Å². The molecule has 3 nitrogen and oxygen atoms in total. The molecule has 1 aliphatic rings. The number of rotatable bonds is 3. The number of amides is 1. The Labute approximate surface area is 128 Å². The van der Waals surface area contributed by atoms with E-state index in [1.54, 1.807) is 0 Å². The number of hydrogen-bond donors (Lipinski definition) is 0. The van der Waals surface area contributed by atoms with Crippen molar-refractivity contribution in [2.45, 2.75) is 38.1 Å². The molecule has 0 saturated heterocycles. The number of nitriles is 1. The van der Waals surface area contributed by atoms with Crippen LogP contribution >= 0.6 is 15.9 Å². The molecule has 20 heavy (non-hydrogen) atoms. The summed E-state index contributed by atoms with van der Waals surface area (Å²) in [6.45, 7) is 0. The van der Waals surface area contributed by atoms with Gasteiger partial charge in [0.25, 0.3) is 0 Å². The third-order valence-electron chi connectivity index (χ3n) is 4.12. The van der Waals surface area contributed by atoms with E-state index in [0.29, 0.717) is 6.42 Å². The molecule has 4 heteroatoms. The van der Waals surface area contributed by atoms with Crippen molar-refractivity contribution in [2.75, 3.05) is 7.05 Å². The fraction of sp³-hybridized carbons (Fsp3) is 0.500. The van der Waals surface area contributed by atoms with E-state index in [1.165, 1.54) is 0 Å². The fourth-order valence-electron chi connectivity index (χ4n) is 2.73. The molecule has 1 aromatic rings. The Morgan fingerprint density at radius 1 is 1.35 bits per heavy atom. The summed E-state index contributed by atoms with van der Waals surface area (Å²) >= 11 is 3.48. The summed E-state index contributed by atoms with van der Waals surface area (Å²) in [4.78, 5) is 14.2. The van der Waals surface area contributed by atoms with Gasteiger partial charge in [-0.2, -0.15) is 5.26 Å². The highest BCUT2D eigenvalue weighted by atomic mass is 79.9. The Morgan fingerprint density at radius 3 is 2.60 bits per heavy atom. The second-order valence-corrected chi connectivity index (χ2v) is 6.26. The number of halogens is 1. The van der Waals surface area contributed by atoms with E-state index in [-0.39, 0.29) is 17.9 Å². The normalized spacial score (nSPS) is 22.1. The van der Waals surface area contributed by atoms with Crippen LogP contribution in [0.4, 0.5) is 0 Å². The molecule has 0 bridgehead atoms. The van der Waals surface area contributed by atoms with Crippen LogP contribution in [-0.4, -0.2) is 23.9 Å². The summed E-state index contributed by atoms with van der Waals surface area (Å²) in [5.41, 5.74) is 1.02. The molecule has 106 valence electrons. The van der Waals surface area contributed by atoms with Crippen LogP contribution in [0.5, 0.6) is 0 Å². The lowest BCUT2D eigenvalue weighted by Crippen LogP contribution is -2.40. The molecule has 1 saturated carbocycles. The first-order valence-corrected chi connectivity index (χ1v) is 7.79. The summed E-state index contributed by atoms with van der Waals surface area (Å²) in [5, 5.41) is 8.91. The second-order valence-electron chi connectivity index (χ2n) is 5.41. The summed E-state index contributed by atoms with van der Waals surface area (Å²) in [5.74, 6) is 0.329. The first-order chi connectivity index (χ1) is 9.61. The minimum atomic E-state index is 0.150. The summed E-state index contributed by atoms with van der Waals surface area (Å²) in [6, 6.07) is 10.4. The Hall–Kier alpha value is -1.34. The van der Waals surface area contributed by atoms with E-state index in [1.807, 2.05) is 36.2 Å². The van der Waals surface area contributed by atoms with Gasteiger partial charge in [-0.1, -0.05) is 34.1 Å². The molecule has 0 N–H and O–H groups in total. The number of benzene rings is 1. The van der Waals surface area contributed by atoms with Crippen LogP contribution in [0.25, 0.3) is 0 Å². The van der Waals surface area contributed by atoms with Crippen LogP contribution in [0, 0.1) is 17.2 Å². The van der Waals surface area contributed by atoms with Gasteiger partial charge in [-0.05, 0) is 37.3 Å². The lowest BCUT2D eigenvalue weighted by Gasteiger charge is -2.33. The highest BCUT2D eigenvalue weighted by Crippen LogP contribution is 2.27. The van der Waals surface area contributed by atoms with Gasteiger partial charge in [-0.15, -0.1) is 0 Å². The van der Waals surface area contributed by atoms with Gasteiger partial charge < -0.3 is 4.90 Å². The van der Waals surface area contributed by atoms with E-state index in [4.69, 9.17) is 5.26 Å². The topological polar surface area (TPSA) is 44.1 Å². The molecule has 1 aromatic carbocycles. The van der Waals surface area contributed by atoms with E-state index in [2.05, 4.69) is 22.0 Å². The Morgan fingerprint density at radius 2 is 2.00 bits per heavy atom. The van der Waals surface area contributed by atoms with Crippen molar-refractivity contribution >= 4 is 21.8 Å². The Kier molecular flexibility index (Phi) is 5.19. The lowest BCUT2D eigenvalue weighted by molar-refractivity contribution is -0.131. The maximum atomic E-state index is 12.4. The first-order valence-electron chi connectivity index (χ1n) is 7.00. The van der Waals surface area contributed by atoms with Gasteiger partial charge in [0.1, 0.15) is 0 Å². The summed E-state index contributed by atoms with van der Waals surface area (Å²) in [7, 11) is 1.89. The first kappa shape index (κ1) is 15.1. The molecule has 1 amide bonds. The molecule has 0 aliphatic heterocycles. The second kappa shape index (κ2) is 6.90. The predicted octanol–water partition coefficient (Wildman–Crippen LogP) is 3.53. The van der Waals surface area contributed by atoms with Gasteiger partial charge in [0.15, 0.2) is 0 Å². The van der Waals surface area contributed by atoms with Gasteiger partial charge in [-0.3, -0.25) is 4.79 Å². The van der Waals surface area contributed by atoms with E-state index >= 15 is 0 Å². The number of carbonyl (C=O) groups excluding carboxylic acids is 1. The predicted molar refractivity (Wildman–Crippen MR) is 82.0 cm³/mol. The smallest absolute Gasteiger partial charge is 0.227 e. The van der Waals surface area contributed by atoms with Gasteiger partial charge in [0, 0.05) is 23.5 Å². The average molecular weight is 335 g/mol. The van der Waals surface area contributed by atoms with Crippen molar-refractivity contribution in [3.63, 3.8) is 0 Å². The van der Waals surface area contributed by atoms with Crippen LogP contribution in [0.3, 0.4) is 0 Å². The number of hydrogen-bond acceptors (Lipinski definition) is 2. The molecule has 0 atom stereocenters. The van der Waals surface area contributed by atoms with Gasteiger partial charge in [-0.25, -0.2) is 0 Å². The number of carbonyl (C=O) groups is 1. The zero-order valence-corrected chi connectivity index (χ0v) is 13.3. The lowest BCUT2D eigenvalue weighted by atomic mass is 9.86. The molecule has 1 fully saturated rings. The van der Waals surface area contributed by atoms with E-state index < -0.39 is 0 Å². The maximum absolute atomic E-state index is 12.4. The van der Waals surface area contributed by atoms with Gasteiger partial charge in [0.05, 0.1) is 12.5 Å². The Bertz CT molecular complexity index is 515. The molecule has 0 spiro atoms. The van der Waals surface area contributed by atoms with Crippen molar-refractivity contribution in [1.29, 1.82) is 5.26 Å². The maximum Gasteiger partial charge on any atom is 0.227 e. The zero-order valence-electron chi connectivity index (χ0n) is 11.7. The van der Waals surface area contributed by atoms with E-state index in [9.17, 15) is 4.79 Å². The number of nitrogens with zero attached hydrogens (tertiary/aromatic N) is 2. The SMILES string of the molecule is CN(C(=O)Cc1ccccc1Br)C1CCC(C#N)CC1. The highest BCUT2D eigenvalue weighted by molar-refractivity contribution is 9.10. The third kappa shape index (κ3) is 3.61. The molecule has 0 radical (unpaired) electrons. The van der Waals surface area contributed by atoms with Crippen molar-refractivity contribution < 1.29 is 4.79 Å². The zero-order chi connectivity index (χ0) is 14.5. The standard InChI is InChI=1S/C16H19BrN2O/c1-19(14-8-6-12(11-18)7-9-14)16(20)10-13-4-2-3-5-15(13)17/h2-5,12,14H,6-10H2,1H3. The largest absolute Gasteiger partial charge is 0.342 e. The van der Waals surface area contributed by atoms with Crippen LogP contribution in [0.15, 0.2) is 28.7 Å². The molecular weight excluding hydrogens is 316 g/mol. The Balaban J connectivity index is 1.93. The van der Waals surface area contributed by atoms with Crippen LogP contribution in [0.2, 0.25) is 0 Å². The minimum absolute atomic E-state index is 0.150. The summed E-state index contributed by atoms with van der Waals surface area (Å²) < 4.78 is 0.981. The highest BCUT2D eigenvalue weighted by Gasteiger charge is 2.26. The van der Waals surface area contributed by atoms with Crippen molar-refractivity contribution in [1.82, 2.24) is 4.90 Å². The van der Waals surface area contributed by atoms with Crippen molar-refractivity contribution in [3.05, 3.63) is 34.3 Å². The van der Waals surface area contributed by atoms with Crippen LogP contribution in [-0.2, 0) is 11.2 Å². The third-order valence-corrected chi connectivity index (χ3v) is 4.89. The quantitative estimate of drug-likeness (QED) is 0.848. The van der Waals surface area contributed by atoms with Crippen molar-refractivity contribution in [2.24, 2.45) is 5.92 Å². The van der Waals surface area contributed by atoms with Gasteiger partial charge >= 0.3 is 0 Å². The summed E-state index contributed by atoms with van der Waals surface area (Å²) in [6.07, 6.45) is 4.13. The van der Waals surface area contributed by atoms with Crippen molar-refractivity contribution in [3.8, 4) is 6.07 Å². The monoisotopic (exact) mass is 334 g/mol.